The van der Waals surface area contributed by atoms with Gasteiger partial charge in [0, 0.05) is 11.6 Å². The number of rotatable bonds is 8. The molecule has 0 aromatic heterocycles. The maximum atomic E-state index is 12.9. The number of methoxy groups -OCH3 is 1. The second-order valence-corrected chi connectivity index (χ2v) is 6.16. The third-order valence-corrected chi connectivity index (χ3v) is 4.02. The van der Waals surface area contributed by atoms with E-state index in [1.54, 1.807) is 12.1 Å². The number of halogens is 2. The van der Waals surface area contributed by atoms with E-state index in [0.29, 0.717) is 28.7 Å². The van der Waals surface area contributed by atoms with Crippen LogP contribution in [0.5, 0.6) is 11.5 Å². The smallest absolute Gasteiger partial charge is 0.331 e. The fourth-order valence-electron chi connectivity index (χ4n) is 2.40. The first-order chi connectivity index (χ1) is 13.3. The van der Waals surface area contributed by atoms with Crippen molar-refractivity contribution in [1.82, 2.24) is 0 Å². The molecular formula is C21H20ClFO5. The first-order valence-electron chi connectivity index (χ1n) is 8.54. The third-order valence-electron chi connectivity index (χ3n) is 3.74. The van der Waals surface area contributed by atoms with Crippen LogP contribution in [0, 0.1) is 5.82 Å². The number of carbonyl (C=O) groups is 2. The molecular weight excluding hydrogens is 387 g/mol. The minimum atomic E-state index is -1.01. The first kappa shape index (κ1) is 21.4. The number of carbonyl (C=O) groups excluding carboxylic acids is 2. The van der Waals surface area contributed by atoms with Crippen LogP contribution >= 0.6 is 11.6 Å². The largest absolute Gasteiger partial charge is 0.493 e. The molecule has 0 bridgehead atoms. The number of esters is 1. The monoisotopic (exact) mass is 406 g/mol. The fraction of sp³-hybridized carbons (Fsp3) is 0.238. The van der Waals surface area contributed by atoms with Gasteiger partial charge < -0.3 is 14.2 Å². The normalized spacial score (nSPS) is 11.9. The lowest BCUT2D eigenvalue weighted by molar-refractivity contribution is -0.140. The van der Waals surface area contributed by atoms with Crippen molar-refractivity contribution < 1.29 is 28.2 Å². The topological polar surface area (TPSA) is 61.8 Å². The Morgan fingerprint density at radius 1 is 1.21 bits per heavy atom. The lowest BCUT2D eigenvalue weighted by atomic mass is 10.1. The summed E-state index contributed by atoms with van der Waals surface area (Å²) in [6.07, 6.45) is 1.66. The molecule has 0 aliphatic carbocycles. The molecule has 5 nitrogen and oxygen atoms in total. The second-order valence-electron chi connectivity index (χ2n) is 5.75. The maximum Gasteiger partial charge on any atom is 0.331 e. The van der Waals surface area contributed by atoms with Gasteiger partial charge in [0.05, 0.1) is 18.7 Å². The van der Waals surface area contributed by atoms with Crippen LogP contribution in [-0.2, 0) is 9.53 Å². The van der Waals surface area contributed by atoms with E-state index >= 15 is 0 Å². The van der Waals surface area contributed by atoms with Crippen LogP contribution < -0.4 is 9.47 Å². The lowest BCUT2D eigenvalue weighted by Crippen LogP contribution is -2.23. The fourth-order valence-corrected chi connectivity index (χ4v) is 2.67. The molecule has 2 aromatic carbocycles. The van der Waals surface area contributed by atoms with Gasteiger partial charge >= 0.3 is 5.97 Å². The zero-order valence-corrected chi connectivity index (χ0v) is 16.5. The summed E-state index contributed by atoms with van der Waals surface area (Å²) in [6.45, 7) is 3.71. The predicted octanol–water partition coefficient (Wildman–Crippen LogP) is 4.71. The van der Waals surface area contributed by atoms with Crippen LogP contribution in [-0.4, -0.2) is 31.6 Å². The zero-order chi connectivity index (χ0) is 20.7. The molecule has 0 unspecified atom stereocenters. The number of Topliss-reactive ketones (excluding diaryl/α,β-unsaturated/α-hetero) is 1. The van der Waals surface area contributed by atoms with Gasteiger partial charge in [-0.2, -0.15) is 0 Å². The maximum absolute atomic E-state index is 12.9. The minimum Gasteiger partial charge on any atom is -0.493 e. The highest BCUT2D eigenvalue weighted by Gasteiger charge is 2.18. The molecule has 2 aromatic rings. The Labute approximate surface area is 167 Å². The highest BCUT2D eigenvalue weighted by Crippen LogP contribution is 2.36. The molecule has 7 heteroatoms. The van der Waals surface area contributed by atoms with Crippen molar-refractivity contribution in [3.05, 3.63) is 64.4 Å². The molecule has 0 radical (unpaired) electrons. The number of ketones is 1. The minimum absolute atomic E-state index is 0.258. The SMILES string of the molecule is CCOc1c(Cl)cc(/C=C/C(=O)O[C@H](C)C(=O)c2ccc(F)cc2)cc1OC. The molecule has 0 fully saturated rings. The van der Waals surface area contributed by atoms with Crippen molar-refractivity contribution in [2.45, 2.75) is 20.0 Å². The van der Waals surface area contributed by atoms with Crippen molar-refractivity contribution in [1.29, 1.82) is 0 Å². The average Bonchev–Trinajstić information content (AvgIpc) is 2.68. The van der Waals surface area contributed by atoms with Crippen LogP contribution in [0.25, 0.3) is 6.08 Å². The second kappa shape index (κ2) is 9.90. The molecule has 148 valence electrons. The molecule has 0 saturated heterocycles. The molecule has 2 rings (SSSR count). The molecule has 0 heterocycles. The number of benzene rings is 2. The van der Waals surface area contributed by atoms with Crippen LogP contribution in [0.1, 0.15) is 29.8 Å². The number of ether oxygens (including phenoxy) is 3. The summed E-state index contributed by atoms with van der Waals surface area (Å²) in [5, 5.41) is 0.342. The molecule has 1 atom stereocenters. The van der Waals surface area contributed by atoms with E-state index in [-0.39, 0.29) is 5.56 Å². The predicted molar refractivity (Wildman–Crippen MR) is 104 cm³/mol. The summed E-state index contributed by atoms with van der Waals surface area (Å²) in [7, 11) is 1.48. The van der Waals surface area contributed by atoms with Gasteiger partial charge in [0.2, 0.25) is 5.78 Å². The van der Waals surface area contributed by atoms with Gasteiger partial charge in [-0.15, -0.1) is 0 Å². The Hall–Kier alpha value is -2.86. The van der Waals surface area contributed by atoms with Gasteiger partial charge in [0.25, 0.3) is 0 Å². The van der Waals surface area contributed by atoms with Gasteiger partial charge in [-0.05, 0) is 61.9 Å². The van der Waals surface area contributed by atoms with Gasteiger partial charge in [-0.1, -0.05) is 11.6 Å². The molecule has 0 N–H and O–H groups in total. The van der Waals surface area contributed by atoms with E-state index in [1.807, 2.05) is 6.92 Å². The Kier molecular flexibility index (Phi) is 7.58. The quantitative estimate of drug-likeness (QED) is 0.361. The summed E-state index contributed by atoms with van der Waals surface area (Å²) < 4.78 is 28.7. The van der Waals surface area contributed by atoms with Crippen molar-refractivity contribution in [2.24, 2.45) is 0 Å². The summed E-state index contributed by atoms with van der Waals surface area (Å²) in [5.74, 6) is -0.722. The van der Waals surface area contributed by atoms with Crippen molar-refractivity contribution >= 4 is 29.4 Å². The highest BCUT2D eigenvalue weighted by atomic mass is 35.5. The summed E-state index contributed by atoms with van der Waals surface area (Å²) >= 11 is 6.19. The number of hydrogen-bond donors (Lipinski definition) is 0. The summed E-state index contributed by atoms with van der Waals surface area (Å²) in [4.78, 5) is 24.2. The molecule has 0 saturated carbocycles. The number of hydrogen-bond acceptors (Lipinski definition) is 5. The van der Waals surface area contributed by atoms with Gasteiger partial charge in [-0.25, -0.2) is 9.18 Å². The van der Waals surface area contributed by atoms with E-state index in [0.717, 1.165) is 0 Å². The first-order valence-corrected chi connectivity index (χ1v) is 8.92. The van der Waals surface area contributed by atoms with Gasteiger partial charge in [0.1, 0.15) is 5.82 Å². The Balaban J connectivity index is 2.05. The van der Waals surface area contributed by atoms with Crippen molar-refractivity contribution in [2.75, 3.05) is 13.7 Å². The van der Waals surface area contributed by atoms with Gasteiger partial charge in [0.15, 0.2) is 17.6 Å². The lowest BCUT2D eigenvalue weighted by Gasteiger charge is -2.12. The highest BCUT2D eigenvalue weighted by molar-refractivity contribution is 6.32. The summed E-state index contributed by atoms with van der Waals surface area (Å²) in [6, 6.07) is 8.30. The van der Waals surface area contributed by atoms with Crippen LogP contribution in [0.3, 0.4) is 0 Å². The summed E-state index contributed by atoms with van der Waals surface area (Å²) in [5.41, 5.74) is 0.855. The Bertz CT molecular complexity index is 877. The standard InChI is InChI=1S/C21H20ClFO5/c1-4-27-21-17(22)11-14(12-18(21)26-3)5-10-19(24)28-13(2)20(25)15-6-8-16(23)9-7-15/h5-13H,4H2,1-3H3/b10-5+/t13-/m1/s1. The molecule has 0 aliphatic heterocycles. The molecule has 0 aliphatic rings. The van der Waals surface area contributed by atoms with Crippen molar-refractivity contribution in [3.63, 3.8) is 0 Å². The molecule has 0 amide bonds. The van der Waals surface area contributed by atoms with Crippen LogP contribution in [0.15, 0.2) is 42.5 Å². The zero-order valence-electron chi connectivity index (χ0n) is 15.7. The Morgan fingerprint density at radius 3 is 2.50 bits per heavy atom. The van der Waals surface area contributed by atoms with Crippen molar-refractivity contribution in [3.8, 4) is 11.5 Å². The van der Waals surface area contributed by atoms with Gasteiger partial charge in [-0.3, -0.25) is 4.79 Å². The van der Waals surface area contributed by atoms with Crippen LogP contribution in [0.4, 0.5) is 4.39 Å². The van der Waals surface area contributed by atoms with E-state index in [1.165, 1.54) is 50.5 Å². The Morgan fingerprint density at radius 2 is 1.89 bits per heavy atom. The van der Waals surface area contributed by atoms with Crippen LogP contribution in [0.2, 0.25) is 5.02 Å². The van der Waals surface area contributed by atoms with E-state index in [4.69, 9.17) is 25.8 Å². The molecule has 0 spiro atoms. The van der Waals surface area contributed by atoms with E-state index < -0.39 is 23.7 Å². The van der Waals surface area contributed by atoms with E-state index in [9.17, 15) is 14.0 Å². The van der Waals surface area contributed by atoms with E-state index in [2.05, 4.69) is 0 Å². The molecule has 28 heavy (non-hydrogen) atoms. The third kappa shape index (κ3) is 5.57. The average molecular weight is 407 g/mol.